The third kappa shape index (κ3) is 3.91. The predicted octanol–water partition coefficient (Wildman–Crippen LogP) is 1.19. The van der Waals surface area contributed by atoms with E-state index in [9.17, 15) is 8.42 Å². The van der Waals surface area contributed by atoms with Gasteiger partial charge in [-0.05, 0) is 43.8 Å². The maximum atomic E-state index is 12.8. The molecule has 5 nitrogen and oxygen atoms in total. The molecular weight excluding hydrogens is 308 g/mol. The van der Waals surface area contributed by atoms with Crippen LogP contribution in [0.15, 0.2) is 23.1 Å². The lowest BCUT2D eigenvalue weighted by Gasteiger charge is -2.26. The number of nitrogens with one attached hydrogen (secondary N) is 1. The van der Waals surface area contributed by atoms with E-state index in [1.807, 2.05) is 13.1 Å². The molecule has 1 fully saturated rings. The van der Waals surface area contributed by atoms with Crippen molar-refractivity contribution in [3.05, 3.63) is 23.8 Å². The summed E-state index contributed by atoms with van der Waals surface area (Å²) in [5, 5.41) is 3.06. The first kappa shape index (κ1) is 16.6. The van der Waals surface area contributed by atoms with Gasteiger partial charge in [0, 0.05) is 24.6 Å². The molecule has 0 bridgehead atoms. The molecule has 0 saturated carbocycles. The Labute approximate surface area is 131 Å². The van der Waals surface area contributed by atoms with Gasteiger partial charge in [-0.1, -0.05) is 0 Å². The summed E-state index contributed by atoms with van der Waals surface area (Å²) in [7, 11) is 0.0364. The smallest absolute Gasteiger partial charge is 0.243 e. The molecular formula is C14H22N2O3S2. The topological polar surface area (TPSA) is 58.6 Å². The minimum Gasteiger partial charge on any atom is -0.497 e. The molecule has 0 unspecified atom stereocenters. The number of ether oxygens (including phenoxy) is 1. The molecule has 1 N–H and O–H groups in total. The molecule has 0 amide bonds. The summed E-state index contributed by atoms with van der Waals surface area (Å²) in [5.41, 5.74) is 0.807. The fourth-order valence-corrected chi connectivity index (χ4v) is 5.12. The molecule has 1 heterocycles. The summed E-state index contributed by atoms with van der Waals surface area (Å²) < 4.78 is 32.5. The maximum absolute atomic E-state index is 12.8. The van der Waals surface area contributed by atoms with Gasteiger partial charge in [0.25, 0.3) is 0 Å². The fourth-order valence-electron chi connectivity index (χ4n) is 2.32. The third-order valence-corrected chi connectivity index (χ3v) is 6.44. The predicted molar refractivity (Wildman–Crippen MR) is 86.7 cm³/mol. The van der Waals surface area contributed by atoms with Gasteiger partial charge in [-0.2, -0.15) is 16.1 Å². The highest BCUT2D eigenvalue weighted by atomic mass is 32.2. The first-order valence-electron chi connectivity index (χ1n) is 6.99. The van der Waals surface area contributed by atoms with Crippen LogP contribution in [0, 0.1) is 0 Å². The zero-order chi connectivity index (χ0) is 15.3. The van der Waals surface area contributed by atoms with E-state index in [1.165, 1.54) is 0 Å². The van der Waals surface area contributed by atoms with E-state index < -0.39 is 10.0 Å². The van der Waals surface area contributed by atoms with Crippen LogP contribution in [0.5, 0.6) is 5.75 Å². The number of rotatable bonds is 6. The van der Waals surface area contributed by atoms with Crippen molar-refractivity contribution in [2.45, 2.75) is 11.3 Å². The Balaban J connectivity index is 2.35. The first-order valence-corrected chi connectivity index (χ1v) is 9.58. The Kier molecular flexibility index (Phi) is 5.92. The van der Waals surface area contributed by atoms with Crippen molar-refractivity contribution in [3.8, 4) is 5.75 Å². The van der Waals surface area contributed by atoms with Gasteiger partial charge in [0.2, 0.25) is 10.0 Å². The maximum Gasteiger partial charge on any atom is 0.243 e. The van der Waals surface area contributed by atoms with E-state index in [4.69, 9.17) is 4.74 Å². The van der Waals surface area contributed by atoms with E-state index in [2.05, 4.69) is 5.32 Å². The average Bonchev–Trinajstić information content (AvgIpc) is 2.53. The van der Waals surface area contributed by atoms with Crippen molar-refractivity contribution in [2.75, 3.05) is 45.3 Å². The number of hydrogen-bond donors (Lipinski definition) is 1. The van der Waals surface area contributed by atoms with Crippen LogP contribution in [0.25, 0.3) is 0 Å². The van der Waals surface area contributed by atoms with Crippen LogP contribution in [0.3, 0.4) is 0 Å². The van der Waals surface area contributed by atoms with Gasteiger partial charge >= 0.3 is 0 Å². The van der Waals surface area contributed by atoms with Gasteiger partial charge in [-0.25, -0.2) is 8.42 Å². The molecule has 2 rings (SSSR count). The number of methoxy groups -OCH3 is 1. The van der Waals surface area contributed by atoms with E-state index in [0.29, 0.717) is 30.2 Å². The Hall–Kier alpha value is -0.760. The van der Waals surface area contributed by atoms with Crippen LogP contribution in [0.1, 0.15) is 5.56 Å². The number of nitrogens with zero attached hydrogens (tertiary/aromatic N) is 1. The standard InChI is InChI=1S/C14H22N2O3S2/c1-15-6-5-12-11-13(19-2)3-4-14(12)21(17,18)16-7-9-20-10-8-16/h3-4,11,15H,5-10H2,1-2H3. The van der Waals surface area contributed by atoms with Gasteiger partial charge in [0.1, 0.15) is 5.75 Å². The van der Waals surface area contributed by atoms with Gasteiger partial charge in [0.15, 0.2) is 0 Å². The second kappa shape index (κ2) is 7.49. The first-order chi connectivity index (χ1) is 10.1. The van der Waals surface area contributed by atoms with Crippen LogP contribution >= 0.6 is 11.8 Å². The van der Waals surface area contributed by atoms with Gasteiger partial charge < -0.3 is 10.1 Å². The van der Waals surface area contributed by atoms with Crippen molar-refractivity contribution < 1.29 is 13.2 Å². The number of likely N-dealkylation sites (N-methyl/N-ethyl adjacent to an activating group) is 1. The molecule has 0 radical (unpaired) electrons. The number of sulfonamides is 1. The highest BCUT2D eigenvalue weighted by Crippen LogP contribution is 2.26. The molecule has 118 valence electrons. The zero-order valence-corrected chi connectivity index (χ0v) is 14.1. The van der Waals surface area contributed by atoms with Crippen LogP contribution in [0.4, 0.5) is 0 Å². The van der Waals surface area contributed by atoms with E-state index in [-0.39, 0.29) is 0 Å². The Bertz CT molecular complexity index is 570. The number of hydrogen-bond acceptors (Lipinski definition) is 5. The van der Waals surface area contributed by atoms with Crippen molar-refractivity contribution in [1.82, 2.24) is 9.62 Å². The summed E-state index contributed by atoms with van der Waals surface area (Å²) in [6, 6.07) is 5.21. The monoisotopic (exact) mass is 330 g/mol. The second-order valence-electron chi connectivity index (χ2n) is 4.84. The Morgan fingerprint density at radius 3 is 2.67 bits per heavy atom. The normalized spacial score (nSPS) is 16.9. The van der Waals surface area contributed by atoms with Crippen molar-refractivity contribution in [1.29, 1.82) is 0 Å². The minimum atomic E-state index is -3.41. The van der Waals surface area contributed by atoms with E-state index in [0.717, 1.165) is 23.6 Å². The summed E-state index contributed by atoms with van der Waals surface area (Å²) >= 11 is 1.80. The summed E-state index contributed by atoms with van der Waals surface area (Å²) in [4.78, 5) is 0.408. The molecule has 21 heavy (non-hydrogen) atoms. The highest BCUT2D eigenvalue weighted by molar-refractivity contribution is 7.99. The molecule has 1 aliphatic heterocycles. The molecule has 1 aromatic rings. The largest absolute Gasteiger partial charge is 0.497 e. The van der Waals surface area contributed by atoms with Crippen molar-refractivity contribution in [3.63, 3.8) is 0 Å². The molecule has 0 atom stereocenters. The van der Waals surface area contributed by atoms with Gasteiger partial charge in [0.05, 0.1) is 12.0 Å². The van der Waals surface area contributed by atoms with Crippen molar-refractivity contribution >= 4 is 21.8 Å². The van der Waals surface area contributed by atoms with E-state index in [1.54, 1.807) is 35.3 Å². The van der Waals surface area contributed by atoms with Crippen LogP contribution in [0.2, 0.25) is 0 Å². The van der Waals surface area contributed by atoms with Crippen LogP contribution < -0.4 is 10.1 Å². The molecule has 7 heteroatoms. The lowest BCUT2D eigenvalue weighted by Crippen LogP contribution is -2.38. The summed E-state index contributed by atoms with van der Waals surface area (Å²) in [5.74, 6) is 2.41. The lowest BCUT2D eigenvalue weighted by atomic mass is 10.1. The van der Waals surface area contributed by atoms with E-state index >= 15 is 0 Å². The Morgan fingerprint density at radius 1 is 1.33 bits per heavy atom. The molecule has 1 aliphatic rings. The molecule has 0 spiro atoms. The lowest BCUT2D eigenvalue weighted by molar-refractivity contribution is 0.413. The summed E-state index contributed by atoms with van der Waals surface area (Å²) in [6.45, 7) is 1.90. The zero-order valence-electron chi connectivity index (χ0n) is 12.5. The van der Waals surface area contributed by atoms with Crippen LogP contribution in [-0.2, 0) is 16.4 Å². The fraction of sp³-hybridized carbons (Fsp3) is 0.571. The molecule has 1 saturated heterocycles. The average molecular weight is 330 g/mol. The minimum absolute atomic E-state index is 0.408. The second-order valence-corrected chi connectivity index (χ2v) is 7.97. The number of benzene rings is 1. The molecule has 0 aromatic heterocycles. The highest BCUT2D eigenvalue weighted by Gasteiger charge is 2.28. The SMILES string of the molecule is CNCCc1cc(OC)ccc1S(=O)(=O)N1CCSCC1. The molecule has 1 aromatic carbocycles. The quantitative estimate of drug-likeness (QED) is 0.849. The number of thioether (sulfide) groups is 1. The third-order valence-electron chi connectivity index (χ3n) is 3.50. The van der Waals surface area contributed by atoms with Crippen molar-refractivity contribution in [2.24, 2.45) is 0 Å². The summed E-state index contributed by atoms with van der Waals surface area (Å²) in [6.07, 6.45) is 0.658. The Morgan fingerprint density at radius 2 is 2.05 bits per heavy atom. The van der Waals surface area contributed by atoms with Crippen LogP contribution in [-0.4, -0.2) is 58.0 Å². The van der Waals surface area contributed by atoms with Gasteiger partial charge in [-0.3, -0.25) is 0 Å². The molecule has 0 aliphatic carbocycles. The van der Waals surface area contributed by atoms with Gasteiger partial charge in [-0.15, -0.1) is 0 Å².